The summed E-state index contributed by atoms with van der Waals surface area (Å²) in [6, 6.07) is 3.50. The summed E-state index contributed by atoms with van der Waals surface area (Å²) in [7, 11) is -1.68. The van der Waals surface area contributed by atoms with E-state index in [-0.39, 0.29) is 0 Å². The Morgan fingerprint density at radius 2 is 2.12 bits per heavy atom. The topological polar surface area (TPSA) is 63.4 Å². The van der Waals surface area contributed by atoms with Crippen molar-refractivity contribution >= 4 is 21.4 Å². The molecule has 0 saturated carbocycles. The van der Waals surface area contributed by atoms with Crippen LogP contribution in [0.4, 0.5) is 0 Å². The van der Waals surface area contributed by atoms with Gasteiger partial charge in [-0.15, -0.1) is 11.3 Å². The molecule has 0 fully saturated rings. The molecule has 1 heterocycles. The largest absolute Gasteiger partial charge is 0.330 e. The first-order valence-corrected chi connectivity index (χ1v) is 7.53. The Morgan fingerprint density at radius 1 is 1.44 bits per heavy atom. The molecule has 1 rings (SSSR count). The van der Waals surface area contributed by atoms with Gasteiger partial charge in [-0.25, -0.2) is 12.7 Å². The minimum absolute atomic E-state index is 0.409. The van der Waals surface area contributed by atoms with Crippen molar-refractivity contribution in [2.75, 3.05) is 20.1 Å². The summed E-state index contributed by atoms with van der Waals surface area (Å²) in [5.41, 5.74) is 5.43. The molecule has 6 heteroatoms. The average Bonchev–Trinajstić information content (AvgIpc) is 2.68. The van der Waals surface area contributed by atoms with Gasteiger partial charge in [0, 0.05) is 18.5 Å². The second-order valence-corrected chi connectivity index (χ2v) is 7.03. The predicted octanol–water partition coefficient (Wildman–Crippen LogP) is 1.28. The Labute approximate surface area is 101 Å². The van der Waals surface area contributed by atoms with Crippen molar-refractivity contribution in [2.24, 2.45) is 5.73 Å². The first-order valence-electron chi connectivity index (χ1n) is 5.27. The van der Waals surface area contributed by atoms with Crippen molar-refractivity contribution in [1.82, 2.24) is 4.31 Å². The fourth-order valence-corrected chi connectivity index (χ4v) is 4.21. The zero-order chi connectivity index (χ0) is 12.2. The summed E-state index contributed by atoms with van der Waals surface area (Å²) in [6.07, 6.45) is 1.55. The molecule has 0 aliphatic heterocycles. The normalized spacial score (nSPS) is 12.2. The molecule has 1 aromatic heterocycles. The van der Waals surface area contributed by atoms with Gasteiger partial charge < -0.3 is 5.73 Å². The molecular weight excluding hydrogens is 244 g/mol. The van der Waals surface area contributed by atoms with Crippen LogP contribution in [0.1, 0.15) is 18.2 Å². The average molecular weight is 262 g/mol. The molecule has 0 saturated heterocycles. The lowest BCUT2D eigenvalue weighted by molar-refractivity contribution is 0.470. The Balaban J connectivity index is 2.89. The van der Waals surface area contributed by atoms with Crippen molar-refractivity contribution in [3.8, 4) is 0 Å². The van der Waals surface area contributed by atoms with Gasteiger partial charge >= 0.3 is 0 Å². The van der Waals surface area contributed by atoms with Gasteiger partial charge in [-0.2, -0.15) is 0 Å². The van der Waals surface area contributed by atoms with Crippen molar-refractivity contribution in [3.05, 3.63) is 17.0 Å². The first-order chi connectivity index (χ1) is 7.52. The van der Waals surface area contributed by atoms with Crippen LogP contribution in [-0.4, -0.2) is 32.9 Å². The van der Waals surface area contributed by atoms with Crippen LogP contribution in [-0.2, 0) is 16.4 Å². The number of nitrogens with zero attached hydrogens (tertiary/aromatic N) is 1. The smallest absolute Gasteiger partial charge is 0.252 e. The molecule has 0 radical (unpaired) electrons. The van der Waals surface area contributed by atoms with E-state index < -0.39 is 10.0 Å². The van der Waals surface area contributed by atoms with Crippen LogP contribution in [0.3, 0.4) is 0 Å². The van der Waals surface area contributed by atoms with Gasteiger partial charge in [0.1, 0.15) is 4.21 Å². The molecule has 4 nitrogen and oxygen atoms in total. The molecule has 0 bridgehead atoms. The SMILES string of the molecule is CCCN(C)S(=O)(=O)c1ccc(CCN)s1. The molecule has 0 spiro atoms. The Hall–Kier alpha value is -0.430. The van der Waals surface area contributed by atoms with E-state index in [2.05, 4.69) is 0 Å². The summed E-state index contributed by atoms with van der Waals surface area (Å²) in [5, 5.41) is 0. The van der Waals surface area contributed by atoms with E-state index in [1.165, 1.54) is 15.6 Å². The number of nitrogens with two attached hydrogens (primary N) is 1. The monoisotopic (exact) mass is 262 g/mol. The quantitative estimate of drug-likeness (QED) is 0.840. The van der Waals surface area contributed by atoms with Crippen LogP contribution < -0.4 is 5.73 Å². The highest BCUT2D eigenvalue weighted by molar-refractivity contribution is 7.91. The molecular formula is C10H18N2O2S2. The van der Waals surface area contributed by atoms with Gasteiger partial charge in [0.2, 0.25) is 0 Å². The maximum atomic E-state index is 12.0. The minimum atomic E-state index is -3.29. The van der Waals surface area contributed by atoms with Gasteiger partial charge in [-0.3, -0.25) is 0 Å². The van der Waals surface area contributed by atoms with Crippen LogP contribution in [0.25, 0.3) is 0 Å². The predicted molar refractivity (Wildman–Crippen MR) is 67.2 cm³/mol. The van der Waals surface area contributed by atoms with E-state index >= 15 is 0 Å². The van der Waals surface area contributed by atoms with E-state index in [1.807, 2.05) is 13.0 Å². The Morgan fingerprint density at radius 3 is 2.69 bits per heavy atom. The molecule has 0 unspecified atom stereocenters. The van der Waals surface area contributed by atoms with Gasteiger partial charge in [-0.05, 0) is 31.5 Å². The molecule has 16 heavy (non-hydrogen) atoms. The molecule has 0 aromatic carbocycles. The summed E-state index contributed by atoms with van der Waals surface area (Å²) < 4.78 is 25.9. The standard InChI is InChI=1S/C10H18N2O2S2/c1-3-8-12(2)16(13,14)10-5-4-9(15-10)6-7-11/h4-5H,3,6-8,11H2,1-2H3. The van der Waals surface area contributed by atoms with Gasteiger partial charge in [0.05, 0.1) is 0 Å². The number of thiophene rings is 1. The zero-order valence-electron chi connectivity index (χ0n) is 9.64. The third kappa shape index (κ3) is 3.04. The second kappa shape index (κ2) is 5.77. The lowest BCUT2D eigenvalue weighted by atomic mass is 10.3. The van der Waals surface area contributed by atoms with Gasteiger partial charge in [0.25, 0.3) is 10.0 Å². The number of hydrogen-bond acceptors (Lipinski definition) is 4. The van der Waals surface area contributed by atoms with Crippen LogP contribution >= 0.6 is 11.3 Å². The number of rotatable bonds is 6. The molecule has 1 aromatic rings. The zero-order valence-corrected chi connectivity index (χ0v) is 11.3. The fourth-order valence-electron chi connectivity index (χ4n) is 1.36. The number of hydrogen-bond donors (Lipinski definition) is 1. The highest BCUT2D eigenvalue weighted by atomic mass is 32.2. The molecule has 92 valence electrons. The molecule has 0 aliphatic carbocycles. The summed E-state index contributed by atoms with van der Waals surface area (Å²) in [6.45, 7) is 3.05. The fraction of sp³-hybridized carbons (Fsp3) is 0.600. The maximum Gasteiger partial charge on any atom is 0.252 e. The van der Waals surface area contributed by atoms with Crippen molar-refractivity contribution in [1.29, 1.82) is 0 Å². The third-order valence-electron chi connectivity index (χ3n) is 2.23. The van der Waals surface area contributed by atoms with Crippen molar-refractivity contribution < 1.29 is 8.42 Å². The second-order valence-electron chi connectivity index (χ2n) is 3.59. The Kier molecular flexibility index (Phi) is 4.91. The first kappa shape index (κ1) is 13.6. The highest BCUT2D eigenvalue weighted by Gasteiger charge is 2.21. The lowest BCUT2D eigenvalue weighted by Crippen LogP contribution is -2.26. The lowest BCUT2D eigenvalue weighted by Gasteiger charge is -2.14. The molecule has 0 amide bonds. The minimum Gasteiger partial charge on any atom is -0.330 e. The molecule has 2 N–H and O–H groups in total. The number of sulfonamides is 1. The molecule has 0 aliphatic rings. The van der Waals surface area contributed by atoms with Crippen molar-refractivity contribution in [3.63, 3.8) is 0 Å². The third-order valence-corrected chi connectivity index (χ3v) is 5.70. The summed E-state index contributed by atoms with van der Waals surface area (Å²) in [5.74, 6) is 0. The Bertz CT molecular complexity index is 426. The molecule has 0 atom stereocenters. The van der Waals surface area contributed by atoms with Crippen LogP contribution in [0.5, 0.6) is 0 Å². The van der Waals surface area contributed by atoms with E-state index in [9.17, 15) is 8.42 Å². The van der Waals surface area contributed by atoms with Crippen LogP contribution in [0.2, 0.25) is 0 Å². The van der Waals surface area contributed by atoms with Crippen molar-refractivity contribution in [2.45, 2.75) is 24.0 Å². The highest BCUT2D eigenvalue weighted by Crippen LogP contribution is 2.24. The summed E-state index contributed by atoms with van der Waals surface area (Å²) >= 11 is 1.31. The van der Waals surface area contributed by atoms with E-state index in [0.717, 1.165) is 17.7 Å². The van der Waals surface area contributed by atoms with E-state index in [1.54, 1.807) is 13.1 Å². The summed E-state index contributed by atoms with van der Waals surface area (Å²) in [4.78, 5) is 1.02. The van der Waals surface area contributed by atoms with Crippen LogP contribution in [0, 0.1) is 0 Å². The van der Waals surface area contributed by atoms with Gasteiger partial charge in [0.15, 0.2) is 0 Å². The maximum absolute atomic E-state index is 12.0. The van der Waals surface area contributed by atoms with E-state index in [4.69, 9.17) is 5.73 Å². The van der Waals surface area contributed by atoms with Gasteiger partial charge in [-0.1, -0.05) is 6.92 Å². The van der Waals surface area contributed by atoms with E-state index in [0.29, 0.717) is 17.3 Å². The van der Waals surface area contributed by atoms with Crippen LogP contribution in [0.15, 0.2) is 16.3 Å².